The Bertz CT molecular complexity index is 577. The molecular formula is C16H20N2O5. The first kappa shape index (κ1) is 17.0. The molecule has 1 aliphatic heterocycles. The van der Waals surface area contributed by atoms with Gasteiger partial charge in [0, 0.05) is 33.1 Å². The minimum Gasteiger partial charge on any atom is -0.452 e. The van der Waals surface area contributed by atoms with E-state index in [4.69, 9.17) is 9.84 Å². The Balaban J connectivity index is 1.79. The molecule has 1 fully saturated rings. The Kier molecular flexibility index (Phi) is 5.70. The Hall–Kier alpha value is -2.41. The summed E-state index contributed by atoms with van der Waals surface area (Å²) in [6, 6.07) is 6.34. The molecule has 1 heterocycles. The molecule has 1 aliphatic rings. The summed E-state index contributed by atoms with van der Waals surface area (Å²) in [7, 11) is 0. The van der Waals surface area contributed by atoms with E-state index in [2.05, 4.69) is 0 Å². The van der Waals surface area contributed by atoms with E-state index in [1.807, 2.05) is 0 Å². The van der Waals surface area contributed by atoms with Gasteiger partial charge in [-0.3, -0.25) is 9.59 Å². The van der Waals surface area contributed by atoms with Gasteiger partial charge in [-0.2, -0.15) is 0 Å². The molecule has 0 atom stereocenters. The van der Waals surface area contributed by atoms with Crippen molar-refractivity contribution < 1.29 is 24.2 Å². The van der Waals surface area contributed by atoms with Crippen LogP contribution in [0.1, 0.15) is 22.8 Å². The lowest BCUT2D eigenvalue weighted by molar-refractivity contribution is -0.140. The van der Waals surface area contributed by atoms with Gasteiger partial charge in [-0.05, 0) is 17.7 Å². The van der Waals surface area contributed by atoms with Crippen LogP contribution >= 0.6 is 0 Å². The van der Waals surface area contributed by atoms with Crippen molar-refractivity contribution >= 4 is 17.8 Å². The average molecular weight is 320 g/mol. The molecule has 0 spiro atoms. The molecular weight excluding hydrogens is 300 g/mol. The highest BCUT2D eigenvalue weighted by Gasteiger charge is 2.23. The van der Waals surface area contributed by atoms with Gasteiger partial charge >= 0.3 is 5.97 Å². The molecule has 0 radical (unpaired) electrons. The molecule has 7 nitrogen and oxygen atoms in total. The Morgan fingerprint density at radius 2 is 1.61 bits per heavy atom. The highest BCUT2D eigenvalue weighted by molar-refractivity contribution is 5.91. The van der Waals surface area contributed by atoms with Crippen LogP contribution in [0.3, 0.4) is 0 Å². The van der Waals surface area contributed by atoms with Crippen LogP contribution in [0.4, 0.5) is 0 Å². The maximum absolute atomic E-state index is 12.0. The SMILES string of the molecule is CC(=O)N1CCN(C(=O)COC(=O)c2ccc(CO)cc2)CC1. The van der Waals surface area contributed by atoms with Crippen molar-refractivity contribution in [3.05, 3.63) is 35.4 Å². The molecule has 2 rings (SSSR count). The highest BCUT2D eigenvalue weighted by Crippen LogP contribution is 2.07. The van der Waals surface area contributed by atoms with E-state index in [1.54, 1.807) is 34.1 Å². The predicted octanol–water partition coefficient (Wildman–Crippen LogP) is 0.0264. The number of aliphatic hydroxyl groups is 1. The Labute approximate surface area is 134 Å². The monoisotopic (exact) mass is 320 g/mol. The van der Waals surface area contributed by atoms with Gasteiger partial charge in [0.15, 0.2) is 6.61 Å². The lowest BCUT2D eigenvalue weighted by Gasteiger charge is -2.34. The first-order valence-corrected chi connectivity index (χ1v) is 7.41. The zero-order valence-electron chi connectivity index (χ0n) is 13.0. The van der Waals surface area contributed by atoms with E-state index >= 15 is 0 Å². The number of carbonyl (C=O) groups is 3. The summed E-state index contributed by atoms with van der Waals surface area (Å²) >= 11 is 0. The molecule has 0 aliphatic carbocycles. The van der Waals surface area contributed by atoms with Crippen LogP contribution in [-0.2, 0) is 20.9 Å². The standard InChI is InChI=1S/C16H20N2O5/c1-12(20)17-6-8-18(9-7-17)15(21)11-23-16(22)14-4-2-13(10-19)3-5-14/h2-5,19H,6-11H2,1H3. The maximum atomic E-state index is 12.0. The summed E-state index contributed by atoms with van der Waals surface area (Å²) in [5, 5.41) is 8.95. The minimum atomic E-state index is -0.579. The van der Waals surface area contributed by atoms with Crippen LogP contribution < -0.4 is 0 Å². The third kappa shape index (κ3) is 4.53. The molecule has 2 amide bonds. The van der Waals surface area contributed by atoms with Gasteiger partial charge in [-0.1, -0.05) is 12.1 Å². The molecule has 1 aromatic carbocycles. The molecule has 124 valence electrons. The van der Waals surface area contributed by atoms with Crippen molar-refractivity contribution in [3.8, 4) is 0 Å². The van der Waals surface area contributed by atoms with Crippen molar-refractivity contribution in [2.24, 2.45) is 0 Å². The molecule has 0 saturated carbocycles. The van der Waals surface area contributed by atoms with Crippen molar-refractivity contribution in [2.45, 2.75) is 13.5 Å². The summed E-state index contributed by atoms with van der Waals surface area (Å²) in [5.41, 5.74) is 1.03. The lowest BCUT2D eigenvalue weighted by atomic mass is 10.1. The normalized spacial score (nSPS) is 14.5. The number of esters is 1. The summed E-state index contributed by atoms with van der Waals surface area (Å²) in [6.07, 6.45) is 0. The maximum Gasteiger partial charge on any atom is 0.338 e. The number of carbonyl (C=O) groups excluding carboxylic acids is 3. The number of piperazine rings is 1. The van der Waals surface area contributed by atoms with E-state index in [0.717, 1.165) is 0 Å². The van der Waals surface area contributed by atoms with E-state index in [-0.39, 0.29) is 25.0 Å². The van der Waals surface area contributed by atoms with Crippen molar-refractivity contribution in [1.82, 2.24) is 9.80 Å². The smallest absolute Gasteiger partial charge is 0.338 e. The summed E-state index contributed by atoms with van der Waals surface area (Å²) < 4.78 is 5.02. The minimum absolute atomic E-state index is 0.00477. The predicted molar refractivity (Wildman–Crippen MR) is 81.5 cm³/mol. The van der Waals surface area contributed by atoms with Crippen molar-refractivity contribution in [3.63, 3.8) is 0 Å². The second kappa shape index (κ2) is 7.73. The Morgan fingerprint density at radius 3 is 2.13 bits per heavy atom. The summed E-state index contributed by atoms with van der Waals surface area (Å²) in [5.74, 6) is -0.853. The van der Waals surface area contributed by atoms with Crippen molar-refractivity contribution in [2.75, 3.05) is 32.8 Å². The van der Waals surface area contributed by atoms with E-state index in [1.165, 1.54) is 6.92 Å². The number of nitrogens with zero attached hydrogens (tertiary/aromatic N) is 2. The van der Waals surface area contributed by atoms with Crippen LogP contribution in [0, 0.1) is 0 Å². The number of hydrogen-bond acceptors (Lipinski definition) is 5. The average Bonchev–Trinajstić information content (AvgIpc) is 2.59. The quantitative estimate of drug-likeness (QED) is 0.791. The third-order valence-corrected chi connectivity index (χ3v) is 3.78. The molecule has 23 heavy (non-hydrogen) atoms. The van der Waals surface area contributed by atoms with E-state index in [0.29, 0.717) is 37.3 Å². The molecule has 0 bridgehead atoms. The van der Waals surface area contributed by atoms with Crippen molar-refractivity contribution in [1.29, 1.82) is 0 Å². The lowest BCUT2D eigenvalue weighted by Crippen LogP contribution is -2.51. The molecule has 7 heteroatoms. The molecule has 0 aromatic heterocycles. The number of benzene rings is 1. The second-order valence-corrected chi connectivity index (χ2v) is 5.32. The van der Waals surface area contributed by atoms with E-state index < -0.39 is 5.97 Å². The molecule has 0 unspecified atom stereocenters. The zero-order valence-corrected chi connectivity index (χ0v) is 13.0. The largest absolute Gasteiger partial charge is 0.452 e. The van der Waals surface area contributed by atoms with Gasteiger partial charge in [0.2, 0.25) is 5.91 Å². The third-order valence-electron chi connectivity index (χ3n) is 3.78. The topological polar surface area (TPSA) is 87.2 Å². The zero-order chi connectivity index (χ0) is 16.8. The van der Waals surface area contributed by atoms with Gasteiger partial charge < -0.3 is 19.6 Å². The highest BCUT2D eigenvalue weighted by atomic mass is 16.5. The summed E-state index contributed by atoms with van der Waals surface area (Å²) in [6.45, 7) is 2.97. The number of hydrogen-bond donors (Lipinski definition) is 1. The number of rotatable bonds is 4. The van der Waals surface area contributed by atoms with Crippen LogP contribution in [0.25, 0.3) is 0 Å². The van der Waals surface area contributed by atoms with E-state index in [9.17, 15) is 14.4 Å². The number of aliphatic hydroxyl groups excluding tert-OH is 1. The molecule has 1 saturated heterocycles. The van der Waals surface area contributed by atoms with Crippen LogP contribution in [0.15, 0.2) is 24.3 Å². The summed E-state index contributed by atoms with van der Waals surface area (Å²) in [4.78, 5) is 38.4. The fraction of sp³-hybridized carbons (Fsp3) is 0.438. The fourth-order valence-electron chi connectivity index (χ4n) is 2.32. The molecule has 1 aromatic rings. The second-order valence-electron chi connectivity index (χ2n) is 5.32. The molecule has 1 N–H and O–H groups in total. The number of amides is 2. The van der Waals surface area contributed by atoms with Crippen LogP contribution in [0.2, 0.25) is 0 Å². The number of ether oxygens (including phenoxy) is 1. The van der Waals surface area contributed by atoms with Gasteiger partial charge in [0.25, 0.3) is 5.91 Å². The first-order valence-electron chi connectivity index (χ1n) is 7.41. The fourth-order valence-corrected chi connectivity index (χ4v) is 2.32. The Morgan fingerprint density at radius 1 is 1.04 bits per heavy atom. The van der Waals surface area contributed by atoms with Gasteiger partial charge in [-0.25, -0.2) is 4.79 Å². The van der Waals surface area contributed by atoms with Gasteiger partial charge in [-0.15, -0.1) is 0 Å². The first-order chi connectivity index (χ1) is 11.0. The van der Waals surface area contributed by atoms with Gasteiger partial charge in [0.1, 0.15) is 0 Å². The van der Waals surface area contributed by atoms with Gasteiger partial charge in [0.05, 0.1) is 12.2 Å². The van der Waals surface area contributed by atoms with Crippen LogP contribution in [-0.4, -0.2) is 65.5 Å². The van der Waals surface area contributed by atoms with Crippen LogP contribution in [0.5, 0.6) is 0 Å².